The molecule has 1 aromatic carbocycles. The van der Waals surface area contributed by atoms with Gasteiger partial charge in [-0.15, -0.1) is 0 Å². The first kappa shape index (κ1) is 14.2. The van der Waals surface area contributed by atoms with Crippen LogP contribution in [0.15, 0.2) is 18.2 Å². The van der Waals surface area contributed by atoms with Crippen LogP contribution in [0.25, 0.3) is 0 Å². The molecule has 1 aliphatic rings. The third-order valence-corrected chi connectivity index (χ3v) is 3.89. The van der Waals surface area contributed by atoms with E-state index < -0.39 is 12.1 Å². The molecular formula is C15H20F3N. The molecule has 0 saturated heterocycles. The van der Waals surface area contributed by atoms with E-state index in [0.717, 1.165) is 23.2 Å². The summed E-state index contributed by atoms with van der Waals surface area (Å²) in [4.78, 5) is 0. The number of halogens is 3. The quantitative estimate of drug-likeness (QED) is 0.811. The highest BCUT2D eigenvalue weighted by Gasteiger charge is 2.42. The minimum absolute atomic E-state index is 0.0686. The topological polar surface area (TPSA) is 12.0 Å². The summed E-state index contributed by atoms with van der Waals surface area (Å²) < 4.78 is 38.3. The highest BCUT2D eigenvalue weighted by Crippen LogP contribution is 2.38. The highest BCUT2D eigenvalue weighted by atomic mass is 19.4. The van der Waals surface area contributed by atoms with Crippen LogP contribution in [0.2, 0.25) is 0 Å². The molecule has 0 radical (unpaired) electrons. The smallest absolute Gasteiger partial charge is 0.382 e. The zero-order chi connectivity index (χ0) is 14.0. The monoisotopic (exact) mass is 271 g/mol. The molecule has 19 heavy (non-hydrogen) atoms. The van der Waals surface area contributed by atoms with Gasteiger partial charge in [0, 0.05) is 11.7 Å². The molecule has 2 atom stereocenters. The lowest BCUT2D eigenvalue weighted by Gasteiger charge is -2.32. The Bertz CT molecular complexity index is 440. The van der Waals surface area contributed by atoms with Crippen LogP contribution >= 0.6 is 0 Å². The van der Waals surface area contributed by atoms with E-state index in [1.165, 1.54) is 0 Å². The van der Waals surface area contributed by atoms with E-state index >= 15 is 0 Å². The summed E-state index contributed by atoms with van der Waals surface area (Å²) in [5.41, 5.74) is 3.17. The fourth-order valence-electron chi connectivity index (χ4n) is 2.73. The lowest BCUT2D eigenvalue weighted by Crippen LogP contribution is -2.34. The number of anilines is 1. The van der Waals surface area contributed by atoms with Crippen molar-refractivity contribution in [3.63, 3.8) is 0 Å². The molecule has 1 nitrogen and oxygen atoms in total. The molecule has 106 valence electrons. The molecule has 0 aliphatic heterocycles. The molecule has 1 fully saturated rings. The van der Waals surface area contributed by atoms with Crippen molar-refractivity contribution >= 4 is 5.69 Å². The number of rotatable bonds is 2. The lowest BCUT2D eigenvalue weighted by molar-refractivity contribution is -0.182. The Morgan fingerprint density at radius 2 is 1.89 bits per heavy atom. The van der Waals surface area contributed by atoms with Gasteiger partial charge < -0.3 is 5.32 Å². The van der Waals surface area contributed by atoms with Gasteiger partial charge in [-0.2, -0.15) is 13.2 Å². The maximum atomic E-state index is 12.8. The van der Waals surface area contributed by atoms with Gasteiger partial charge in [-0.25, -0.2) is 0 Å². The van der Waals surface area contributed by atoms with Crippen molar-refractivity contribution in [2.75, 3.05) is 5.32 Å². The molecule has 4 heteroatoms. The van der Waals surface area contributed by atoms with Crippen molar-refractivity contribution in [3.05, 3.63) is 29.3 Å². The van der Waals surface area contributed by atoms with Gasteiger partial charge in [-0.1, -0.05) is 18.6 Å². The van der Waals surface area contributed by atoms with Crippen LogP contribution in [0.5, 0.6) is 0 Å². The molecule has 1 aliphatic carbocycles. The van der Waals surface area contributed by atoms with E-state index in [1.807, 2.05) is 32.0 Å². The average molecular weight is 271 g/mol. The third-order valence-electron chi connectivity index (χ3n) is 3.89. The summed E-state index contributed by atoms with van der Waals surface area (Å²) in [6.07, 6.45) is -2.12. The Labute approximate surface area is 112 Å². The molecule has 1 aromatic rings. The Kier molecular flexibility index (Phi) is 4.07. The summed E-state index contributed by atoms with van der Waals surface area (Å²) >= 11 is 0. The van der Waals surface area contributed by atoms with E-state index in [9.17, 15) is 13.2 Å². The van der Waals surface area contributed by atoms with Crippen molar-refractivity contribution in [2.24, 2.45) is 5.92 Å². The highest BCUT2D eigenvalue weighted by molar-refractivity contribution is 5.53. The molecule has 0 amide bonds. The van der Waals surface area contributed by atoms with Crippen molar-refractivity contribution in [1.29, 1.82) is 0 Å². The zero-order valence-corrected chi connectivity index (χ0v) is 11.3. The Morgan fingerprint density at radius 1 is 1.16 bits per heavy atom. The maximum Gasteiger partial charge on any atom is 0.391 e. The SMILES string of the molecule is Cc1ccc(C)c(NC2CCCC(C(F)(F)F)C2)c1. The van der Waals surface area contributed by atoms with Crippen LogP contribution in [0.1, 0.15) is 36.8 Å². The van der Waals surface area contributed by atoms with Gasteiger partial charge in [0.15, 0.2) is 0 Å². The number of nitrogens with one attached hydrogen (secondary N) is 1. The van der Waals surface area contributed by atoms with Crippen LogP contribution in [0, 0.1) is 19.8 Å². The molecule has 0 heterocycles. The van der Waals surface area contributed by atoms with E-state index in [0.29, 0.717) is 6.42 Å². The average Bonchev–Trinajstić information content (AvgIpc) is 2.33. The number of benzene rings is 1. The number of hydrogen-bond donors (Lipinski definition) is 1. The van der Waals surface area contributed by atoms with Crippen LogP contribution in [-0.4, -0.2) is 12.2 Å². The van der Waals surface area contributed by atoms with Gasteiger partial charge in [0.2, 0.25) is 0 Å². The molecule has 2 unspecified atom stereocenters. The minimum atomic E-state index is -4.05. The summed E-state index contributed by atoms with van der Waals surface area (Å²) in [6, 6.07) is 5.95. The van der Waals surface area contributed by atoms with Gasteiger partial charge in [0.05, 0.1) is 5.92 Å². The van der Waals surface area contributed by atoms with Crippen LogP contribution < -0.4 is 5.32 Å². The van der Waals surface area contributed by atoms with Crippen molar-refractivity contribution in [1.82, 2.24) is 0 Å². The van der Waals surface area contributed by atoms with Gasteiger partial charge in [0.1, 0.15) is 0 Å². The molecule has 2 rings (SSSR count). The fourth-order valence-corrected chi connectivity index (χ4v) is 2.73. The standard InChI is InChI=1S/C15H20F3N/c1-10-6-7-11(2)14(8-10)19-13-5-3-4-12(9-13)15(16,17)18/h6-8,12-13,19H,3-5,9H2,1-2H3. The van der Waals surface area contributed by atoms with E-state index in [1.54, 1.807) is 0 Å². The van der Waals surface area contributed by atoms with Crippen LogP contribution in [0.4, 0.5) is 18.9 Å². The number of hydrogen-bond acceptors (Lipinski definition) is 1. The van der Waals surface area contributed by atoms with E-state index in [4.69, 9.17) is 0 Å². The second-order valence-electron chi connectivity index (χ2n) is 5.56. The molecular weight excluding hydrogens is 251 g/mol. The first-order valence-electron chi connectivity index (χ1n) is 6.77. The van der Waals surface area contributed by atoms with E-state index in [-0.39, 0.29) is 18.9 Å². The van der Waals surface area contributed by atoms with Gasteiger partial charge in [-0.05, 0) is 50.3 Å². The van der Waals surface area contributed by atoms with Crippen molar-refractivity contribution in [2.45, 2.75) is 51.7 Å². The Hall–Kier alpha value is -1.19. The zero-order valence-electron chi connectivity index (χ0n) is 11.3. The van der Waals surface area contributed by atoms with Crippen LogP contribution in [0.3, 0.4) is 0 Å². The fraction of sp³-hybridized carbons (Fsp3) is 0.600. The maximum absolute atomic E-state index is 12.8. The Morgan fingerprint density at radius 3 is 2.58 bits per heavy atom. The summed E-state index contributed by atoms with van der Waals surface area (Å²) in [7, 11) is 0. The molecule has 1 saturated carbocycles. The van der Waals surface area contributed by atoms with Gasteiger partial charge in [0.25, 0.3) is 0 Å². The predicted molar refractivity (Wildman–Crippen MR) is 71.3 cm³/mol. The number of aryl methyl sites for hydroxylation is 2. The van der Waals surface area contributed by atoms with Crippen molar-refractivity contribution in [3.8, 4) is 0 Å². The third kappa shape index (κ3) is 3.64. The molecule has 0 aromatic heterocycles. The lowest BCUT2D eigenvalue weighted by atomic mass is 9.85. The van der Waals surface area contributed by atoms with Crippen molar-refractivity contribution < 1.29 is 13.2 Å². The summed E-state index contributed by atoms with van der Waals surface area (Å²) in [6.45, 7) is 3.97. The minimum Gasteiger partial charge on any atom is -0.382 e. The molecule has 0 bridgehead atoms. The number of alkyl halides is 3. The molecule has 0 spiro atoms. The van der Waals surface area contributed by atoms with E-state index in [2.05, 4.69) is 5.32 Å². The summed E-state index contributed by atoms with van der Waals surface area (Å²) in [5.74, 6) is -1.15. The first-order valence-corrected chi connectivity index (χ1v) is 6.77. The second kappa shape index (κ2) is 5.43. The van der Waals surface area contributed by atoms with Gasteiger partial charge in [-0.3, -0.25) is 0 Å². The second-order valence-corrected chi connectivity index (χ2v) is 5.56. The van der Waals surface area contributed by atoms with Gasteiger partial charge >= 0.3 is 6.18 Å². The first-order chi connectivity index (χ1) is 8.86. The van der Waals surface area contributed by atoms with Crippen LogP contribution in [-0.2, 0) is 0 Å². The summed E-state index contributed by atoms with van der Waals surface area (Å²) in [5, 5.41) is 3.29. The normalized spacial score (nSPS) is 24.3. The largest absolute Gasteiger partial charge is 0.391 e. The Balaban J connectivity index is 2.05. The molecule has 1 N–H and O–H groups in total. The predicted octanol–water partition coefficient (Wildman–Crippen LogP) is 4.84.